The third-order valence-corrected chi connectivity index (χ3v) is 7.09. The van der Waals surface area contributed by atoms with Crippen LogP contribution in [0.25, 0.3) is 22.2 Å². The van der Waals surface area contributed by atoms with Crippen LogP contribution >= 0.6 is 0 Å². The Kier molecular flexibility index (Phi) is 4.58. The number of aromatic amines is 1. The van der Waals surface area contributed by atoms with Crippen LogP contribution in [0.5, 0.6) is 0 Å². The number of nitrogens with zero attached hydrogens (tertiary/aromatic N) is 5. The van der Waals surface area contributed by atoms with E-state index in [1.807, 2.05) is 29.2 Å². The second-order valence-electron chi connectivity index (χ2n) is 9.00. The van der Waals surface area contributed by atoms with Gasteiger partial charge in [-0.05, 0) is 54.5 Å². The maximum atomic E-state index is 10.9. The Morgan fingerprint density at radius 3 is 2.74 bits per heavy atom. The first-order valence-corrected chi connectivity index (χ1v) is 11.0. The minimum absolute atomic E-state index is 0.0163. The Balaban J connectivity index is 1.17. The van der Waals surface area contributed by atoms with Gasteiger partial charge in [0.25, 0.3) is 0 Å². The minimum atomic E-state index is -0.388. The highest BCUT2D eigenvalue weighted by Gasteiger charge is 2.42. The van der Waals surface area contributed by atoms with Gasteiger partial charge in [-0.1, -0.05) is 17.3 Å². The third-order valence-electron chi connectivity index (χ3n) is 7.09. The number of aliphatic hydroxyl groups is 1. The number of benzene rings is 1. The van der Waals surface area contributed by atoms with Crippen LogP contribution in [0.15, 0.2) is 61.2 Å². The molecule has 1 saturated carbocycles. The van der Waals surface area contributed by atoms with Gasteiger partial charge in [0.2, 0.25) is 0 Å². The van der Waals surface area contributed by atoms with Crippen molar-refractivity contribution in [1.82, 2.24) is 29.9 Å². The molecular formula is C24H26N6O. The lowest BCUT2D eigenvalue weighted by atomic mass is 9.77. The SMILES string of the molecule is O[C@@H]1C[C@H]2CN(Cc3cccc4[nH]ccc34)C[C@H]2C[C@H]1n1cc(-c2ccncc2)nn1. The van der Waals surface area contributed by atoms with E-state index in [0.29, 0.717) is 11.8 Å². The van der Waals surface area contributed by atoms with Crippen molar-refractivity contribution in [2.24, 2.45) is 11.8 Å². The van der Waals surface area contributed by atoms with Crippen LogP contribution in [0.3, 0.4) is 0 Å². The average Bonchev–Trinajstić information content (AvgIpc) is 3.53. The lowest BCUT2D eigenvalue weighted by Gasteiger charge is -2.35. The van der Waals surface area contributed by atoms with E-state index in [-0.39, 0.29) is 12.1 Å². The Bertz CT molecular complexity index is 1180. The van der Waals surface area contributed by atoms with Crippen LogP contribution in [-0.2, 0) is 6.54 Å². The lowest BCUT2D eigenvalue weighted by Crippen LogP contribution is -2.36. The summed E-state index contributed by atoms with van der Waals surface area (Å²) in [6, 6.07) is 12.5. The summed E-state index contributed by atoms with van der Waals surface area (Å²) in [6.07, 6.45) is 8.87. The minimum Gasteiger partial charge on any atom is -0.391 e. The smallest absolute Gasteiger partial charge is 0.113 e. The maximum Gasteiger partial charge on any atom is 0.113 e. The van der Waals surface area contributed by atoms with Gasteiger partial charge in [-0.3, -0.25) is 9.88 Å². The van der Waals surface area contributed by atoms with Crippen LogP contribution < -0.4 is 0 Å². The number of aromatic nitrogens is 5. The molecule has 6 rings (SSSR count). The molecule has 4 heterocycles. The molecule has 0 spiro atoms. The van der Waals surface area contributed by atoms with E-state index < -0.39 is 0 Å². The summed E-state index contributed by atoms with van der Waals surface area (Å²) in [7, 11) is 0. The standard InChI is InChI=1S/C24H26N6O/c31-24-11-19-14-29(12-17-2-1-3-21-20(17)6-9-26-21)13-18(19)10-23(24)30-15-22(27-28-30)16-4-7-25-8-5-16/h1-9,15,18-19,23-24,26,31H,10-14H2/t18-,19+,23-,24-/m1/s1. The Morgan fingerprint density at radius 1 is 1.03 bits per heavy atom. The summed E-state index contributed by atoms with van der Waals surface area (Å²) in [4.78, 5) is 9.92. The molecule has 0 radical (unpaired) electrons. The van der Waals surface area contributed by atoms with Gasteiger partial charge >= 0.3 is 0 Å². The molecule has 1 saturated heterocycles. The van der Waals surface area contributed by atoms with Gasteiger partial charge < -0.3 is 10.1 Å². The molecule has 0 bridgehead atoms. The number of likely N-dealkylation sites (tertiary alicyclic amines) is 1. The van der Waals surface area contributed by atoms with Crippen LogP contribution in [-0.4, -0.2) is 54.2 Å². The summed E-state index contributed by atoms with van der Waals surface area (Å²) in [5.41, 5.74) is 4.38. The number of aliphatic hydroxyl groups excluding tert-OH is 1. The number of fused-ring (bicyclic) bond motifs is 2. The first-order chi connectivity index (χ1) is 15.2. The molecule has 0 unspecified atom stereocenters. The molecule has 2 N–H and O–H groups in total. The maximum absolute atomic E-state index is 10.9. The zero-order valence-electron chi connectivity index (χ0n) is 17.3. The van der Waals surface area contributed by atoms with Gasteiger partial charge in [0, 0.05) is 54.7 Å². The summed E-state index contributed by atoms with van der Waals surface area (Å²) in [6.45, 7) is 3.08. The van der Waals surface area contributed by atoms with Crippen LogP contribution in [0.2, 0.25) is 0 Å². The predicted molar refractivity (Wildman–Crippen MR) is 118 cm³/mol. The second kappa shape index (κ2) is 7.59. The molecule has 7 heteroatoms. The molecule has 2 fully saturated rings. The Hall–Kier alpha value is -3.03. The number of pyridine rings is 1. The highest BCUT2D eigenvalue weighted by atomic mass is 16.3. The summed E-state index contributed by atoms with van der Waals surface area (Å²) < 4.78 is 1.87. The molecule has 1 aliphatic heterocycles. The highest BCUT2D eigenvalue weighted by Crippen LogP contribution is 2.42. The zero-order valence-corrected chi connectivity index (χ0v) is 17.3. The highest BCUT2D eigenvalue weighted by molar-refractivity contribution is 5.82. The van der Waals surface area contributed by atoms with E-state index in [9.17, 15) is 5.11 Å². The van der Waals surface area contributed by atoms with Gasteiger partial charge in [-0.25, -0.2) is 4.68 Å². The molecule has 4 aromatic rings. The zero-order chi connectivity index (χ0) is 20.8. The summed E-state index contributed by atoms with van der Waals surface area (Å²) in [5.74, 6) is 1.12. The second-order valence-corrected chi connectivity index (χ2v) is 9.00. The van der Waals surface area contributed by atoms with Crippen molar-refractivity contribution in [3.05, 3.63) is 66.7 Å². The first kappa shape index (κ1) is 18.7. The van der Waals surface area contributed by atoms with Crippen molar-refractivity contribution in [1.29, 1.82) is 0 Å². The molecule has 3 aromatic heterocycles. The first-order valence-electron chi connectivity index (χ1n) is 11.0. The summed E-state index contributed by atoms with van der Waals surface area (Å²) in [5, 5.41) is 20.9. The van der Waals surface area contributed by atoms with Crippen LogP contribution in [0.4, 0.5) is 0 Å². The molecule has 1 aliphatic carbocycles. The fourth-order valence-corrected chi connectivity index (χ4v) is 5.54. The third kappa shape index (κ3) is 3.43. The van der Waals surface area contributed by atoms with Gasteiger partial charge in [0.05, 0.1) is 18.3 Å². The predicted octanol–water partition coefficient (Wildman–Crippen LogP) is 3.27. The quantitative estimate of drug-likeness (QED) is 0.536. The molecule has 0 amide bonds. The largest absolute Gasteiger partial charge is 0.391 e. The van der Waals surface area contributed by atoms with Crippen molar-refractivity contribution in [3.63, 3.8) is 0 Å². The topological polar surface area (TPSA) is 82.9 Å². The lowest BCUT2D eigenvalue weighted by molar-refractivity contribution is 0.0298. The number of nitrogens with one attached hydrogen (secondary N) is 1. The Morgan fingerprint density at radius 2 is 1.87 bits per heavy atom. The van der Waals surface area contributed by atoms with Crippen LogP contribution in [0.1, 0.15) is 24.4 Å². The Labute approximate surface area is 180 Å². The van der Waals surface area contributed by atoms with Crippen LogP contribution in [0, 0.1) is 11.8 Å². The molecule has 158 valence electrons. The van der Waals surface area contributed by atoms with E-state index in [1.54, 1.807) is 12.4 Å². The van der Waals surface area contributed by atoms with Gasteiger partial charge in [0.1, 0.15) is 5.69 Å². The fraction of sp³-hybridized carbons (Fsp3) is 0.375. The molecule has 31 heavy (non-hydrogen) atoms. The fourth-order valence-electron chi connectivity index (χ4n) is 5.54. The molecule has 1 aromatic carbocycles. The molecule has 4 atom stereocenters. The molecular weight excluding hydrogens is 388 g/mol. The number of hydrogen-bond acceptors (Lipinski definition) is 5. The van der Waals surface area contributed by atoms with Gasteiger partial charge in [-0.15, -0.1) is 5.10 Å². The monoisotopic (exact) mass is 414 g/mol. The van der Waals surface area contributed by atoms with E-state index in [1.165, 1.54) is 16.5 Å². The van der Waals surface area contributed by atoms with Crippen molar-refractivity contribution in [3.8, 4) is 11.3 Å². The van der Waals surface area contributed by atoms with Crippen molar-refractivity contribution in [2.45, 2.75) is 31.5 Å². The molecule has 7 nitrogen and oxygen atoms in total. The molecule has 2 aliphatic rings. The number of H-pyrrole nitrogens is 1. The van der Waals surface area contributed by atoms with Crippen molar-refractivity contribution < 1.29 is 5.11 Å². The number of hydrogen-bond donors (Lipinski definition) is 2. The van der Waals surface area contributed by atoms with Crippen molar-refractivity contribution in [2.75, 3.05) is 13.1 Å². The van der Waals surface area contributed by atoms with Gasteiger partial charge in [-0.2, -0.15) is 0 Å². The van der Waals surface area contributed by atoms with E-state index in [2.05, 4.69) is 49.4 Å². The average molecular weight is 415 g/mol. The normalized spacial score (nSPS) is 26.4. The van der Waals surface area contributed by atoms with E-state index in [4.69, 9.17) is 0 Å². The summed E-state index contributed by atoms with van der Waals surface area (Å²) >= 11 is 0. The van der Waals surface area contributed by atoms with E-state index >= 15 is 0 Å². The van der Waals surface area contributed by atoms with Gasteiger partial charge in [0.15, 0.2) is 0 Å². The van der Waals surface area contributed by atoms with Crippen molar-refractivity contribution >= 4 is 10.9 Å². The van der Waals surface area contributed by atoms with E-state index in [0.717, 1.165) is 43.7 Å². The number of rotatable bonds is 4.